The van der Waals surface area contributed by atoms with Crippen LogP contribution in [0.4, 0.5) is 0 Å². The zero-order valence-corrected chi connectivity index (χ0v) is 25.7. The van der Waals surface area contributed by atoms with Gasteiger partial charge in [-0.05, 0) is 36.7 Å². The summed E-state index contributed by atoms with van der Waals surface area (Å²) in [7, 11) is 0. The fraction of sp³-hybridized carbons (Fsp3) is 0.697. The fourth-order valence-electron chi connectivity index (χ4n) is 9.50. The van der Waals surface area contributed by atoms with E-state index in [4.69, 9.17) is 18.9 Å². The largest absolute Gasteiger partial charge is 0.465 e. The maximum atomic E-state index is 13.8. The van der Waals surface area contributed by atoms with Crippen LogP contribution in [0.25, 0.3) is 0 Å². The monoisotopic (exact) mass is 584 g/mol. The number of fused-ring (bicyclic) bond motifs is 4. The van der Waals surface area contributed by atoms with Gasteiger partial charge in [-0.3, -0.25) is 19.2 Å². The lowest BCUT2D eigenvalue weighted by Crippen LogP contribution is -2.74. The third kappa shape index (κ3) is 4.50. The van der Waals surface area contributed by atoms with E-state index in [1.807, 2.05) is 58.0 Å². The van der Waals surface area contributed by atoms with Gasteiger partial charge in [0.2, 0.25) is 0 Å². The number of aliphatic hydroxyl groups is 1. The van der Waals surface area contributed by atoms with Crippen LogP contribution >= 0.6 is 0 Å². The molecule has 1 aromatic carbocycles. The predicted octanol–water partition coefficient (Wildman–Crippen LogP) is 4.03. The quantitative estimate of drug-likeness (QED) is 0.374. The lowest BCUT2D eigenvalue weighted by Gasteiger charge is -2.63. The van der Waals surface area contributed by atoms with Crippen molar-refractivity contribution in [2.45, 2.75) is 98.2 Å². The SMILES string of the molecule is CC(=O)OC[C@@]12C[C@H]3C(=O)C(C)(C)C[C@H]3[C@]1(C)[C@@H](OC(C)=O)[C@@]1(O)C[C@H](C)[C@H](OCc3ccccc3)[C@@H]1[C@H]2OC(C)=O. The Balaban J connectivity index is 1.71. The van der Waals surface area contributed by atoms with E-state index in [-0.39, 0.29) is 43.7 Å². The van der Waals surface area contributed by atoms with Crippen LogP contribution in [0.5, 0.6) is 0 Å². The lowest BCUT2D eigenvalue weighted by atomic mass is 9.46. The first-order valence-corrected chi connectivity index (χ1v) is 15.0. The molecule has 0 radical (unpaired) electrons. The molecule has 4 saturated carbocycles. The van der Waals surface area contributed by atoms with Crippen molar-refractivity contribution in [3.63, 3.8) is 0 Å². The second kappa shape index (κ2) is 10.4. The number of carbonyl (C=O) groups is 4. The number of rotatable bonds is 7. The van der Waals surface area contributed by atoms with Crippen molar-refractivity contribution in [1.29, 1.82) is 0 Å². The molecule has 0 bridgehead atoms. The summed E-state index contributed by atoms with van der Waals surface area (Å²) in [5, 5.41) is 12.8. The van der Waals surface area contributed by atoms with Crippen LogP contribution in [0.15, 0.2) is 30.3 Å². The van der Waals surface area contributed by atoms with Crippen LogP contribution in [-0.2, 0) is 44.7 Å². The highest BCUT2D eigenvalue weighted by Crippen LogP contribution is 2.75. The minimum absolute atomic E-state index is 0.0795. The van der Waals surface area contributed by atoms with E-state index in [0.29, 0.717) is 6.42 Å². The van der Waals surface area contributed by atoms with E-state index in [1.165, 1.54) is 20.8 Å². The molecule has 0 aliphatic heterocycles. The van der Waals surface area contributed by atoms with Gasteiger partial charge in [0.05, 0.1) is 24.0 Å². The van der Waals surface area contributed by atoms with Crippen molar-refractivity contribution in [1.82, 2.24) is 0 Å². The van der Waals surface area contributed by atoms with Crippen LogP contribution in [0.1, 0.15) is 73.3 Å². The molecule has 0 spiro atoms. The molecule has 230 valence electrons. The molecule has 0 amide bonds. The zero-order chi connectivity index (χ0) is 30.8. The number of hydrogen-bond donors (Lipinski definition) is 1. The van der Waals surface area contributed by atoms with Gasteiger partial charge >= 0.3 is 17.9 Å². The van der Waals surface area contributed by atoms with Crippen LogP contribution in [-0.4, -0.2) is 59.3 Å². The van der Waals surface area contributed by atoms with Gasteiger partial charge in [0.1, 0.15) is 30.2 Å². The average molecular weight is 585 g/mol. The highest BCUT2D eigenvalue weighted by molar-refractivity contribution is 5.89. The van der Waals surface area contributed by atoms with Gasteiger partial charge in [0.25, 0.3) is 0 Å². The van der Waals surface area contributed by atoms with Crippen molar-refractivity contribution in [3.05, 3.63) is 35.9 Å². The van der Waals surface area contributed by atoms with Crippen molar-refractivity contribution < 1.29 is 43.2 Å². The van der Waals surface area contributed by atoms with Gasteiger partial charge in [-0.1, -0.05) is 58.0 Å². The number of hydrogen-bond acceptors (Lipinski definition) is 9. The van der Waals surface area contributed by atoms with Crippen molar-refractivity contribution >= 4 is 23.7 Å². The van der Waals surface area contributed by atoms with Crippen molar-refractivity contribution in [2.75, 3.05) is 6.61 Å². The van der Waals surface area contributed by atoms with Crippen LogP contribution < -0.4 is 0 Å². The Morgan fingerprint density at radius 1 is 0.929 bits per heavy atom. The Bertz CT molecular complexity index is 1260. The van der Waals surface area contributed by atoms with E-state index in [9.17, 15) is 24.3 Å². The summed E-state index contributed by atoms with van der Waals surface area (Å²) in [6.07, 6.45) is -1.59. The number of Topliss-reactive ketones (excluding diaryl/α,β-unsaturated/α-hetero) is 1. The summed E-state index contributed by atoms with van der Waals surface area (Å²) in [4.78, 5) is 51.7. The maximum Gasteiger partial charge on any atom is 0.303 e. The summed E-state index contributed by atoms with van der Waals surface area (Å²) in [6.45, 7) is 11.8. The Kier molecular flexibility index (Phi) is 7.62. The number of ether oxygens (including phenoxy) is 4. The topological polar surface area (TPSA) is 125 Å². The zero-order valence-electron chi connectivity index (χ0n) is 25.7. The molecule has 0 heterocycles. The Labute approximate surface area is 247 Å². The minimum Gasteiger partial charge on any atom is -0.465 e. The van der Waals surface area contributed by atoms with Gasteiger partial charge in [-0.2, -0.15) is 0 Å². The molecular formula is C33H44O9. The smallest absolute Gasteiger partial charge is 0.303 e. The summed E-state index contributed by atoms with van der Waals surface area (Å²) >= 11 is 0. The van der Waals surface area contributed by atoms with Crippen LogP contribution in [0.3, 0.4) is 0 Å². The van der Waals surface area contributed by atoms with Crippen molar-refractivity contribution in [2.24, 2.45) is 39.9 Å². The molecular weight excluding hydrogens is 540 g/mol. The van der Waals surface area contributed by atoms with E-state index in [0.717, 1.165) is 5.56 Å². The molecule has 10 atom stereocenters. The predicted molar refractivity (Wildman–Crippen MR) is 151 cm³/mol. The van der Waals surface area contributed by atoms with Gasteiger partial charge < -0.3 is 24.1 Å². The summed E-state index contributed by atoms with van der Waals surface area (Å²) in [5.41, 5.74) is -3.50. The second-order valence-electron chi connectivity index (χ2n) is 14.1. The highest BCUT2D eigenvalue weighted by atomic mass is 16.6. The molecule has 4 aliphatic carbocycles. The minimum atomic E-state index is -1.63. The van der Waals surface area contributed by atoms with Crippen LogP contribution in [0.2, 0.25) is 0 Å². The molecule has 1 N–H and O–H groups in total. The normalized spacial score (nSPS) is 41.4. The second-order valence-corrected chi connectivity index (χ2v) is 14.1. The Morgan fingerprint density at radius 3 is 2.17 bits per heavy atom. The van der Waals surface area contributed by atoms with Gasteiger partial charge in [0, 0.05) is 37.5 Å². The van der Waals surface area contributed by atoms with E-state index < -0.39 is 69.9 Å². The molecule has 5 rings (SSSR count). The van der Waals surface area contributed by atoms with E-state index >= 15 is 0 Å². The first-order valence-electron chi connectivity index (χ1n) is 15.0. The standard InChI is InChI=1S/C33H44O9/c1-18-13-33(38)25(26(18)39-16-22-11-9-8-10-12-22)28(41-20(3)35)32(17-40-19(2)34)14-23-24(15-30(5,6)27(23)37)31(32,7)29(33)42-21(4)36/h8-12,18,23-26,28-29,38H,13-17H2,1-7H3/t18-,23+,24+,25+,26-,28+,29+,31+,32+,33+/m0/s1. The summed E-state index contributed by atoms with van der Waals surface area (Å²) in [6, 6.07) is 9.65. The van der Waals surface area contributed by atoms with Gasteiger partial charge in [0.15, 0.2) is 0 Å². The molecule has 4 fully saturated rings. The summed E-state index contributed by atoms with van der Waals surface area (Å²) in [5.74, 6) is -3.30. The number of carbonyl (C=O) groups excluding carboxylic acids is 4. The molecule has 42 heavy (non-hydrogen) atoms. The fourth-order valence-corrected chi connectivity index (χ4v) is 9.50. The maximum absolute atomic E-state index is 13.8. The Morgan fingerprint density at radius 2 is 1.57 bits per heavy atom. The summed E-state index contributed by atoms with van der Waals surface area (Å²) < 4.78 is 24.6. The number of ketones is 1. The Hall–Kier alpha value is -2.78. The molecule has 0 saturated heterocycles. The molecule has 0 aromatic heterocycles. The third-order valence-corrected chi connectivity index (χ3v) is 11.1. The third-order valence-electron chi connectivity index (χ3n) is 11.1. The first kappa shape index (κ1) is 30.7. The first-order chi connectivity index (χ1) is 19.6. The average Bonchev–Trinajstić information content (AvgIpc) is 3.40. The molecule has 0 unspecified atom stereocenters. The molecule has 9 heteroatoms. The van der Waals surface area contributed by atoms with Gasteiger partial charge in [-0.25, -0.2) is 0 Å². The van der Waals surface area contributed by atoms with Crippen LogP contribution in [0, 0.1) is 39.9 Å². The van der Waals surface area contributed by atoms with E-state index in [2.05, 4.69) is 0 Å². The molecule has 9 nitrogen and oxygen atoms in total. The van der Waals surface area contributed by atoms with Crippen molar-refractivity contribution in [3.8, 4) is 0 Å². The molecule has 4 aliphatic rings. The lowest BCUT2D eigenvalue weighted by molar-refractivity contribution is -0.297. The number of esters is 3. The van der Waals surface area contributed by atoms with E-state index in [1.54, 1.807) is 0 Å². The highest BCUT2D eigenvalue weighted by Gasteiger charge is 2.83. The molecule has 1 aromatic rings. The number of benzene rings is 1. The van der Waals surface area contributed by atoms with Gasteiger partial charge in [-0.15, -0.1) is 0 Å².